The molecule has 2 aromatic carbocycles. The largest absolute Gasteiger partial charge is 0.217 e. The summed E-state index contributed by atoms with van der Waals surface area (Å²) in [5, 5.41) is 0. The third-order valence-corrected chi connectivity index (χ3v) is 3.82. The molecule has 3 heteroatoms. The number of rotatable bonds is 3. The lowest BCUT2D eigenvalue weighted by Gasteiger charge is -2.04. The fourth-order valence-electron chi connectivity index (χ4n) is 2.48. The molecule has 1 aliphatic rings. The van der Waals surface area contributed by atoms with Gasteiger partial charge in [-0.05, 0) is 24.3 Å². The lowest BCUT2D eigenvalue weighted by Crippen LogP contribution is -1.95. The van der Waals surface area contributed by atoms with E-state index in [1.54, 1.807) is 6.33 Å². The first-order chi connectivity index (χ1) is 10.4. The molecule has 21 heavy (non-hydrogen) atoms. The lowest BCUT2D eigenvalue weighted by atomic mass is 10.1. The Balaban J connectivity index is 1.68. The minimum absolute atomic E-state index is 0.715. The van der Waals surface area contributed by atoms with Gasteiger partial charge >= 0.3 is 0 Å². The van der Waals surface area contributed by atoms with Crippen LogP contribution in [0.15, 0.2) is 60.9 Å². The van der Waals surface area contributed by atoms with E-state index in [1.807, 2.05) is 30.3 Å². The SMILES string of the molecule is c1ccc(-c2ncnc(-c3ccc(C4CC4)cc3)n2)cc1. The van der Waals surface area contributed by atoms with E-state index in [0.29, 0.717) is 5.82 Å². The second kappa shape index (κ2) is 5.09. The van der Waals surface area contributed by atoms with Crippen LogP contribution in [0.4, 0.5) is 0 Å². The van der Waals surface area contributed by atoms with E-state index in [-0.39, 0.29) is 0 Å². The van der Waals surface area contributed by atoms with Crippen molar-refractivity contribution in [2.75, 3.05) is 0 Å². The van der Waals surface area contributed by atoms with E-state index in [2.05, 4.69) is 39.2 Å². The van der Waals surface area contributed by atoms with Gasteiger partial charge in [0.15, 0.2) is 11.6 Å². The molecule has 3 nitrogen and oxygen atoms in total. The first-order valence-corrected chi connectivity index (χ1v) is 7.25. The maximum absolute atomic E-state index is 4.58. The molecule has 3 aromatic rings. The van der Waals surface area contributed by atoms with E-state index in [0.717, 1.165) is 22.9 Å². The summed E-state index contributed by atoms with van der Waals surface area (Å²) in [4.78, 5) is 13.2. The fraction of sp³-hybridized carbons (Fsp3) is 0.167. The predicted molar refractivity (Wildman–Crippen MR) is 82.7 cm³/mol. The molecule has 102 valence electrons. The fourth-order valence-corrected chi connectivity index (χ4v) is 2.48. The molecule has 1 heterocycles. The van der Waals surface area contributed by atoms with E-state index >= 15 is 0 Å². The topological polar surface area (TPSA) is 38.7 Å². The van der Waals surface area contributed by atoms with Crippen LogP contribution in [-0.4, -0.2) is 15.0 Å². The molecule has 0 atom stereocenters. The van der Waals surface area contributed by atoms with Gasteiger partial charge in [-0.2, -0.15) is 0 Å². The molecular formula is C18H15N3. The van der Waals surface area contributed by atoms with E-state index in [1.165, 1.54) is 18.4 Å². The third kappa shape index (κ3) is 2.55. The van der Waals surface area contributed by atoms with Gasteiger partial charge in [0.25, 0.3) is 0 Å². The Labute approximate surface area is 123 Å². The molecule has 0 bridgehead atoms. The molecule has 0 unspecified atom stereocenters. The van der Waals surface area contributed by atoms with Crippen molar-refractivity contribution >= 4 is 0 Å². The highest BCUT2D eigenvalue weighted by molar-refractivity contribution is 5.60. The molecule has 0 saturated heterocycles. The van der Waals surface area contributed by atoms with Gasteiger partial charge in [0.2, 0.25) is 0 Å². The number of benzene rings is 2. The Kier molecular flexibility index (Phi) is 2.96. The maximum Gasteiger partial charge on any atom is 0.163 e. The second-order valence-electron chi connectivity index (χ2n) is 5.39. The summed E-state index contributed by atoms with van der Waals surface area (Å²) in [6, 6.07) is 18.6. The molecule has 1 fully saturated rings. The quantitative estimate of drug-likeness (QED) is 0.721. The van der Waals surface area contributed by atoms with Crippen molar-refractivity contribution in [2.24, 2.45) is 0 Å². The molecular weight excluding hydrogens is 258 g/mol. The van der Waals surface area contributed by atoms with Crippen LogP contribution in [0.2, 0.25) is 0 Å². The number of hydrogen-bond donors (Lipinski definition) is 0. The van der Waals surface area contributed by atoms with Crippen molar-refractivity contribution in [1.29, 1.82) is 0 Å². The molecule has 0 amide bonds. The Bertz CT molecular complexity index is 747. The Morgan fingerprint density at radius 3 is 1.95 bits per heavy atom. The first-order valence-electron chi connectivity index (χ1n) is 7.25. The molecule has 0 radical (unpaired) electrons. The Morgan fingerprint density at radius 2 is 1.33 bits per heavy atom. The van der Waals surface area contributed by atoms with Crippen molar-refractivity contribution in [3.63, 3.8) is 0 Å². The normalized spacial score (nSPS) is 14.1. The molecule has 1 saturated carbocycles. The average Bonchev–Trinajstić information content (AvgIpc) is 3.41. The van der Waals surface area contributed by atoms with Crippen LogP contribution in [0.3, 0.4) is 0 Å². The monoisotopic (exact) mass is 273 g/mol. The highest BCUT2D eigenvalue weighted by Gasteiger charge is 2.23. The summed E-state index contributed by atoms with van der Waals surface area (Å²) in [5.74, 6) is 2.22. The van der Waals surface area contributed by atoms with Gasteiger partial charge in [0.1, 0.15) is 6.33 Å². The third-order valence-electron chi connectivity index (χ3n) is 3.82. The molecule has 0 spiro atoms. The van der Waals surface area contributed by atoms with Crippen LogP contribution in [0, 0.1) is 0 Å². The highest BCUT2D eigenvalue weighted by atomic mass is 15.0. The van der Waals surface area contributed by atoms with Gasteiger partial charge in [-0.15, -0.1) is 0 Å². The van der Waals surface area contributed by atoms with Crippen molar-refractivity contribution < 1.29 is 0 Å². The molecule has 1 aromatic heterocycles. The summed E-state index contributed by atoms with van der Waals surface area (Å²) < 4.78 is 0. The lowest BCUT2D eigenvalue weighted by molar-refractivity contribution is 1.06. The molecule has 0 aliphatic heterocycles. The smallest absolute Gasteiger partial charge is 0.163 e. The summed E-state index contributed by atoms with van der Waals surface area (Å²) >= 11 is 0. The van der Waals surface area contributed by atoms with Crippen LogP contribution < -0.4 is 0 Å². The van der Waals surface area contributed by atoms with Crippen molar-refractivity contribution in [3.05, 3.63) is 66.5 Å². The minimum Gasteiger partial charge on any atom is -0.217 e. The van der Waals surface area contributed by atoms with Crippen LogP contribution >= 0.6 is 0 Å². The van der Waals surface area contributed by atoms with Gasteiger partial charge in [-0.25, -0.2) is 15.0 Å². The van der Waals surface area contributed by atoms with Gasteiger partial charge in [0, 0.05) is 11.1 Å². The van der Waals surface area contributed by atoms with Crippen LogP contribution in [0.1, 0.15) is 24.3 Å². The Morgan fingerprint density at radius 1 is 0.714 bits per heavy atom. The van der Waals surface area contributed by atoms with Gasteiger partial charge in [-0.1, -0.05) is 54.6 Å². The zero-order chi connectivity index (χ0) is 14.1. The maximum atomic E-state index is 4.58. The number of nitrogens with zero attached hydrogens (tertiary/aromatic N) is 3. The Hall–Kier alpha value is -2.55. The number of aromatic nitrogens is 3. The summed E-state index contributed by atoms with van der Waals surface area (Å²) in [7, 11) is 0. The van der Waals surface area contributed by atoms with Crippen LogP contribution in [-0.2, 0) is 0 Å². The molecule has 4 rings (SSSR count). The van der Waals surface area contributed by atoms with E-state index < -0.39 is 0 Å². The summed E-state index contributed by atoms with van der Waals surface area (Å²) in [6.07, 6.45) is 4.23. The second-order valence-corrected chi connectivity index (χ2v) is 5.39. The van der Waals surface area contributed by atoms with Crippen LogP contribution in [0.25, 0.3) is 22.8 Å². The van der Waals surface area contributed by atoms with Gasteiger partial charge < -0.3 is 0 Å². The van der Waals surface area contributed by atoms with Crippen LogP contribution in [0.5, 0.6) is 0 Å². The number of hydrogen-bond acceptors (Lipinski definition) is 3. The summed E-state index contributed by atoms with van der Waals surface area (Å²) in [6.45, 7) is 0. The average molecular weight is 273 g/mol. The summed E-state index contributed by atoms with van der Waals surface area (Å²) in [5.41, 5.74) is 3.48. The zero-order valence-corrected chi connectivity index (χ0v) is 11.6. The van der Waals surface area contributed by atoms with Crippen molar-refractivity contribution in [1.82, 2.24) is 15.0 Å². The van der Waals surface area contributed by atoms with Gasteiger partial charge in [0.05, 0.1) is 0 Å². The first kappa shape index (κ1) is 12.2. The predicted octanol–water partition coefficient (Wildman–Crippen LogP) is 4.08. The standard InChI is InChI=1S/C18H15N3/c1-2-4-15(5-3-1)17-19-12-20-18(21-17)16-10-8-14(9-11-16)13-6-7-13/h1-5,8-13H,6-7H2. The van der Waals surface area contributed by atoms with E-state index in [4.69, 9.17) is 0 Å². The van der Waals surface area contributed by atoms with Crippen molar-refractivity contribution in [3.8, 4) is 22.8 Å². The zero-order valence-electron chi connectivity index (χ0n) is 11.6. The highest BCUT2D eigenvalue weighted by Crippen LogP contribution is 2.40. The van der Waals surface area contributed by atoms with Crippen molar-refractivity contribution in [2.45, 2.75) is 18.8 Å². The van der Waals surface area contributed by atoms with E-state index in [9.17, 15) is 0 Å². The molecule has 0 N–H and O–H groups in total. The minimum atomic E-state index is 0.715. The van der Waals surface area contributed by atoms with Gasteiger partial charge in [-0.3, -0.25) is 0 Å². The molecule has 1 aliphatic carbocycles.